The van der Waals surface area contributed by atoms with Gasteiger partial charge in [0.1, 0.15) is 0 Å². The van der Waals surface area contributed by atoms with Crippen molar-refractivity contribution >= 4 is 16.8 Å². The molecule has 2 aromatic rings. The molecule has 0 saturated carbocycles. The average Bonchev–Trinajstić information content (AvgIpc) is 2.59. The van der Waals surface area contributed by atoms with Crippen molar-refractivity contribution in [2.45, 2.75) is 30.6 Å². The first-order chi connectivity index (χ1) is 12.2. The summed E-state index contributed by atoms with van der Waals surface area (Å²) in [5.74, 6) is -0.431. The second-order valence-corrected chi connectivity index (χ2v) is 6.76. The molecule has 0 amide bonds. The van der Waals surface area contributed by atoms with Gasteiger partial charge < -0.3 is 4.74 Å². The van der Waals surface area contributed by atoms with Crippen LogP contribution in [0.15, 0.2) is 35.6 Å². The molecule has 26 heavy (non-hydrogen) atoms. The third kappa shape index (κ3) is 5.10. The Morgan fingerprint density at radius 3 is 2.42 bits per heavy atom. The summed E-state index contributed by atoms with van der Waals surface area (Å²) in [5, 5.41) is -0.143. The lowest BCUT2D eigenvalue weighted by atomic mass is 9.98. The van der Waals surface area contributed by atoms with Crippen LogP contribution in [-0.2, 0) is 45.8 Å². The lowest BCUT2D eigenvalue weighted by Crippen LogP contribution is -2.15. The summed E-state index contributed by atoms with van der Waals surface area (Å²) >= 11 is 0. The summed E-state index contributed by atoms with van der Waals surface area (Å²) in [4.78, 5) is 18.9. The molecule has 2 rings (SSSR count). The lowest BCUT2D eigenvalue weighted by Gasteiger charge is -2.13. The number of halogens is 3. The third-order valence-electron chi connectivity index (χ3n) is 3.72. The number of hydrogen-bond donors (Lipinski definition) is 0. The molecule has 0 fully saturated rings. The zero-order valence-corrected chi connectivity index (χ0v) is 15.0. The van der Waals surface area contributed by atoms with Crippen molar-refractivity contribution in [3.8, 4) is 0 Å². The minimum atomic E-state index is -4.60. The van der Waals surface area contributed by atoms with Crippen molar-refractivity contribution in [2.75, 3.05) is 13.4 Å². The van der Waals surface area contributed by atoms with Crippen LogP contribution in [-0.4, -0.2) is 33.5 Å². The van der Waals surface area contributed by atoms with Gasteiger partial charge in [0.15, 0.2) is 0 Å². The first-order valence-corrected chi connectivity index (χ1v) is 9.18. The largest absolute Gasteiger partial charge is 0.469 e. The Labute approximate surface area is 151 Å². The zero-order valence-electron chi connectivity index (χ0n) is 14.2. The third-order valence-corrected chi connectivity index (χ3v) is 4.43. The predicted octanol–water partition coefficient (Wildman–Crippen LogP) is 2.73. The van der Waals surface area contributed by atoms with Gasteiger partial charge in [0.25, 0.3) is 0 Å². The molecule has 0 spiro atoms. The molecule has 5 nitrogen and oxygen atoms in total. The second-order valence-electron chi connectivity index (χ2n) is 5.49. The summed E-state index contributed by atoms with van der Waals surface area (Å²) in [6, 6.07) is 6.95. The van der Waals surface area contributed by atoms with Gasteiger partial charge in [-0.25, -0.2) is 9.97 Å². The van der Waals surface area contributed by atoms with E-state index < -0.39 is 28.5 Å². The second kappa shape index (κ2) is 8.39. The van der Waals surface area contributed by atoms with Crippen LogP contribution in [0.1, 0.15) is 22.4 Å². The Bertz CT molecular complexity index is 825. The number of esters is 1. The van der Waals surface area contributed by atoms with Gasteiger partial charge in [0.05, 0.1) is 35.6 Å². The average molecular weight is 386 g/mol. The van der Waals surface area contributed by atoms with E-state index in [1.807, 2.05) is 0 Å². The van der Waals surface area contributed by atoms with Crippen LogP contribution < -0.4 is 0 Å². The Morgan fingerprint density at radius 2 is 1.85 bits per heavy atom. The fraction of sp³-hybridized carbons (Fsp3) is 0.353. The van der Waals surface area contributed by atoms with Crippen LogP contribution in [0.25, 0.3) is 0 Å². The summed E-state index contributed by atoms with van der Waals surface area (Å²) in [5.41, 5.74) is 0.243. The van der Waals surface area contributed by atoms with Gasteiger partial charge in [-0.3, -0.25) is 9.00 Å². The number of rotatable bonds is 6. The van der Waals surface area contributed by atoms with E-state index in [0.717, 1.165) is 5.56 Å². The van der Waals surface area contributed by atoms with Crippen LogP contribution >= 0.6 is 0 Å². The first kappa shape index (κ1) is 20.0. The van der Waals surface area contributed by atoms with E-state index in [2.05, 4.69) is 14.7 Å². The maximum absolute atomic E-state index is 13.2. The molecular weight excluding hydrogens is 369 g/mol. The molecule has 9 heteroatoms. The molecule has 0 saturated heterocycles. The van der Waals surface area contributed by atoms with Gasteiger partial charge in [0.2, 0.25) is 5.16 Å². The number of aromatic nitrogens is 2. The number of alkyl halides is 3. The number of benzene rings is 1. The number of ether oxygens (including phenoxy) is 1. The Kier molecular flexibility index (Phi) is 6.47. The van der Waals surface area contributed by atoms with E-state index in [1.54, 1.807) is 24.3 Å². The van der Waals surface area contributed by atoms with Crippen molar-refractivity contribution in [3.05, 3.63) is 52.8 Å². The highest BCUT2D eigenvalue weighted by Crippen LogP contribution is 2.31. The van der Waals surface area contributed by atoms with Gasteiger partial charge in [-0.1, -0.05) is 24.3 Å². The number of methoxy groups -OCH3 is 1. The van der Waals surface area contributed by atoms with Crippen molar-refractivity contribution < 1.29 is 26.9 Å². The molecule has 0 bridgehead atoms. The maximum atomic E-state index is 13.2. The van der Waals surface area contributed by atoms with Crippen LogP contribution in [0.2, 0.25) is 0 Å². The van der Waals surface area contributed by atoms with Crippen LogP contribution in [0.5, 0.6) is 0 Å². The quantitative estimate of drug-likeness (QED) is 0.564. The van der Waals surface area contributed by atoms with E-state index in [-0.39, 0.29) is 30.1 Å². The normalized spacial score (nSPS) is 12.7. The monoisotopic (exact) mass is 386 g/mol. The molecule has 0 N–H and O–H groups in total. The number of carbonyl (C=O) groups is 1. The number of nitrogens with zero attached hydrogens (tertiary/aromatic N) is 2. The maximum Gasteiger partial charge on any atom is 0.419 e. The summed E-state index contributed by atoms with van der Waals surface area (Å²) in [6.07, 6.45) is -2.39. The number of carbonyl (C=O) groups excluding carboxylic acids is 1. The molecule has 0 radical (unpaired) electrons. The highest BCUT2D eigenvalue weighted by atomic mass is 32.2. The van der Waals surface area contributed by atoms with Crippen LogP contribution in [0, 0.1) is 0 Å². The van der Waals surface area contributed by atoms with Crippen molar-refractivity contribution in [3.63, 3.8) is 0 Å². The molecule has 0 aliphatic rings. The summed E-state index contributed by atoms with van der Waals surface area (Å²) < 4.78 is 55.7. The molecule has 1 aromatic carbocycles. The minimum Gasteiger partial charge on any atom is -0.469 e. The van der Waals surface area contributed by atoms with Gasteiger partial charge in [-0.2, -0.15) is 13.2 Å². The van der Waals surface area contributed by atoms with Gasteiger partial charge in [-0.15, -0.1) is 0 Å². The highest BCUT2D eigenvalue weighted by molar-refractivity contribution is 7.84. The van der Waals surface area contributed by atoms with E-state index in [1.165, 1.54) is 13.4 Å². The molecule has 0 aliphatic carbocycles. The summed E-state index contributed by atoms with van der Waals surface area (Å²) in [7, 11) is -0.315. The van der Waals surface area contributed by atoms with E-state index in [0.29, 0.717) is 11.8 Å². The molecular formula is C17H17F3N2O3S. The molecule has 1 unspecified atom stereocenters. The minimum absolute atomic E-state index is 0.0280. The number of hydrogen-bond acceptors (Lipinski definition) is 5. The van der Waals surface area contributed by atoms with Crippen molar-refractivity contribution in [2.24, 2.45) is 0 Å². The number of aryl methyl sites for hydroxylation is 2. The standard InChI is InChI=1S/C17H17F3N2O3S/c1-25-15(23)9-12-6-4-3-5-11(12)7-8-14-13(17(18,19)20)10-21-16(22-14)26(2)24/h3-6,10H,7-9H2,1-2H3. The SMILES string of the molecule is COC(=O)Cc1ccccc1CCc1nc(S(C)=O)ncc1C(F)(F)F. The van der Waals surface area contributed by atoms with Crippen molar-refractivity contribution in [1.82, 2.24) is 9.97 Å². The van der Waals surface area contributed by atoms with E-state index >= 15 is 0 Å². The van der Waals surface area contributed by atoms with Gasteiger partial charge in [0, 0.05) is 12.5 Å². The molecule has 1 aromatic heterocycles. The topological polar surface area (TPSA) is 69.2 Å². The van der Waals surface area contributed by atoms with Gasteiger partial charge >= 0.3 is 12.1 Å². The zero-order chi connectivity index (χ0) is 19.3. The molecule has 1 heterocycles. The van der Waals surface area contributed by atoms with E-state index in [9.17, 15) is 22.2 Å². The Balaban J connectivity index is 2.30. The van der Waals surface area contributed by atoms with Gasteiger partial charge in [-0.05, 0) is 24.0 Å². The smallest absolute Gasteiger partial charge is 0.419 e. The van der Waals surface area contributed by atoms with Crippen LogP contribution in [0.3, 0.4) is 0 Å². The van der Waals surface area contributed by atoms with Crippen LogP contribution in [0.4, 0.5) is 13.2 Å². The fourth-order valence-corrected chi connectivity index (χ4v) is 2.86. The Morgan fingerprint density at radius 1 is 1.19 bits per heavy atom. The molecule has 1 atom stereocenters. The van der Waals surface area contributed by atoms with Crippen molar-refractivity contribution in [1.29, 1.82) is 0 Å². The van der Waals surface area contributed by atoms with E-state index in [4.69, 9.17) is 0 Å². The molecule has 0 aliphatic heterocycles. The molecule has 140 valence electrons. The predicted molar refractivity (Wildman–Crippen MR) is 88.9 cm³/mol. The fourth-order valence-electron chi connectivity index (χ4n) is 2.42. The first-order valence-electron chi connectivity index (χ1n) is 7.62. The summed E-state index contributed by atoms with van der Waals surface area (Å²) in [6.45, 7) is 0. The Hall–Kier alpha value is -2.29. The lowest BCUT2D eigenvalue weighted by molar-refractivity contribution is -0.140. The highest BCUT2D eigenvalue weighted by Gasteiger charge is 2.35.